The van der Waals surface area contributed by atoms with Gasteiger partial charge in [0.1, 0.15) is 17.1 Å². The number of benzene rings is 2. The highest BCUT2D eigenvalue weighted by Gasteiger charge is 2.50. The number of rotatable bonds is 7. The van der Waals surface area contributed by atoms with Crippen molar-refractivity contribution in [2.24, 2.45) is 0 Å². The van der Waals surface area contributed by atoms with Crippen molar-refractivity contribution in [3.05, 3.63) is 58.1 Å². The monoisotopic (exact) mass is 428 g/mol. The van der Waals surface area contributed by atoms with Gasteiger partial charge in [-0.1, -0.05) is 36.6 Å². The second-order valence-corrected chi connectivity index (χ2v) is 10.9. The van der Waals surface area contributed by atoms with Crippen LogP contribution in [0.3, 0.4) is 0 Å². The third kappa shape index (κ3) is 3.72. The van der Waals surface area contributed by atoms with E-state index in [1.165, 1.54) is 14.2 Å². The summed E-state index contributed by atoms with van der Waals surface area (Å²) >= 11 is 0. The van der Waals surface area contributed by atoms with E-state index >= 15 is 0 Å². The molecule has 1 atom stereocenters. The summed E-state index contributed by atoms with van der Waals surface area (Å²) in [7, 11) is -1.09. The Labute approximate surface area is 178 Å². The molecule has 1 fully saturated rings. The van der Waals surface area contributed by atoms with Crippen LogP contribution in [-0.2, 0) is 4.57 Å². The fourth-order valence-electron chi connectivity index (χ4n) is 4.60. The van der Waals surface area contributed by atoms with Gasteiger partial charge in [-0.25, -0.2) is 0 Å². The van der Waals surface area contributed by atoms with Gasteiger partial charge in [0.15, 0.2) is 0 Å². The van der Waals surface area contributed by atoms with Crippen LogP contribution >= 0.6 is 7.14 Å². The first kappa shape index (κ1) is 22.3. The first-order chi connectivity index (χ1) is 14.2. The van der Waals surface area contributed by atoms with Gasteiger partial charge in [0.2, 0.25) is 18.2 Å². The van der Waals surface area contributed by atoms with Crippen LogP contribution in [0.2, 0.25) is 0 Å². The molecule has 2 aromatic carbocycles. The highest BCUT2D eigenvalue weighted by Crippen LogP contribution is 2.62. The first-order valence-electron chi connectivity index (χ1n) is 10.2. The maximum Gasteiger partial charge on any atom is 0.236 e. The lowest BCUT2D eigenvalue weighted by Crippen LogP contribution is -2.22. The minimum absolute atomic E-state index is 0.0912. The number of hydrogen-bond donors (Lipinski definition) is 0. The third-order valence-corrected chi connectivity index (χ3v) is 9.17. The van der Waals surface area contributed by atoms with Crippen molar-refractivity contribution in [2.45, 2.75) is 52.1 Å². The Balaban J connectivity index is 2.23. The standard InChI is InChI=1S/C24H29O5P/c1-15-13-16(2)21(17(3)14-15)23(25)30(27,18-9-6-7-10-18)24(26)22-19(28-4)11-8-12-20(22)29-5/h8,11-14,18H,6-7,9-10H2,1-5H3. The Kier molecular flexibility index (Phi) is 6.52. The second kappa shape index (κ2) is 8.77. The van der Waals surface area contributed by atoms with E-state index in [-0.39, 0.29) is 17.1 Å². The molecule has 3 rings (SSSR count). The molecule has 1 saturated carbocycles. The molecule has 0 spiro atoms. The van der Waals surface area contributed by atoms with E-state index in [2.05, 4.69) is 0 Å². The molecule has 0 bridgehead atoms. The molecular weight excluding hydrogens is 399 g/mol. The average Bonchev–Trinajstić information content (AvgIpc) is 3.26. The zero-order valence-electron chi connectivity index (χ0n) is 18.3. The van der Waals surface area contributed by atoms with E-state index in [4.69, 9.17) is 9.47 Å². The number of hydrogen-bond acceptors (Lipinski definition) is 5. The Morgan fingerprint density at radius 3 is 1.80 bits per heavy atom. The lowest BCUT2D eigenvalue weighted by Gasteiger charge is -2.25. The zero-order valence-corrected chi connectivity index (χ0v) is 19.2. The number of carbonyl (C=O) groups is 2. The molecule has 1 unspecified atom stereocenters. The van der Waals surface area contributed by atoms with Crippen molar-refractivity contribution in [3.63, 3.8) is 0 Å². The second-order valence-electron chi connectivity index (χ2n) is 8.02. The summed E-state index contributed by atoms with van der Waals surface area (Å²) in [6.45, 7) is 5.62. The summed E-state index contributed by atoms with van der Waals surface area (Å²) in [5.74, 6) is 0.533. The molecule has 30 heavy (non-hydrogen) atoms. The van der Waals surface area contributed by atoms with E-state index in [0.717, 1.165) is 29.5 Å². The molecule has 160 valence electrons. The average molecular weight is 428 g/mol. The van der Waals surface area contributed by atoms with Crippen molar-refractivity contribution in [1.29, 1.82) is 0 Å². The van der Waals surface area contributed by atoms with Crippen molar-refractivity contribution in [3.8, 4) is 11.5 Å². The third-order valence-electron chi connectivity index (χ3n) is 5.97. The summed E-state index contributed by atoms with van der Waals surface area (Å²) in [6.07, 6.45) is 2.95. The predicted octanol–water partition coefficient (Wildman–Crippen LogP) is 5.92. The smallest absolute Gasteiger partial charge is 0.236 e. The van der Waals surface area contributed by atoms with Gasteiger partial charge >= 0.3 is 0 Å². The highest BCUT2D eigenvalue weighted by atomic mass is 31.2. The summed E-state index contributed by atoms with van der Waals surface area (Å²) in [6, 6.07) is 8.75. The molecule has 0 heterocycles. The summed E-state index contributed by atoms with van der Waals surface area (Å²) in [4.78, 5) is 27.7. The molecule has 2 aromatic rings. The minimum atomic E-state index is -3.98. The van der Waals surface area contributed by atoms with Gasteiger partial charge in [-0.15, -0.1) is 0 Å². The van der Waals surface area contributed by atoms with Gasteiger partial charge < -0.3 is 14.0 Å². The van der Waals surface area contributed by atoms with E-state index in [0.29, 0.717) is 18.4 Å². The molecule has 1 aliphatic carbocycles. The van der Waals surface area contributed by atoms with Gasteiger partial charge in [0.25, 0.3) is 0 Å². The van der Waals surface area contributed by atoms with Crippen LogP contribution in [0.15, 0.2) is 30.3 Å². The quantitative estimate of drug-likeness (QED) is 0.512. The van der Waals surface area contributed by atoms with Crippen molar-refractivity contribution >= 4 is 18.2 Å². The largest absolute Gasteiger partial charge is 0.496 e. The van der Waals surface area contributed by atoms with Crippen LogP contribution in [-0.4, -0.2) is 30.9 Å². The molecule has 0 amide bonds. The van der Waals surface area contributed by atoms with Crippen molar-refractivity contribution in [1.82, 2.24) is 0 Å². The molecule has 0 aromatic heterocycles. The number of methoxy groups -OCH3 is 2. The van der Waals surface area contributed by atoms with Crippen LogP contribution in [0.5, 0.6) is 11.5 Å². The molecular formula is C24H29O5P. The molecule has 0 aliphatic heterocycles. The van der Waals surface area contributed by atoms with Gasteiger partial charge in [0, 0.05) is 11.2 Å². The predicted molar refractivity (Wildman–Crippen MR) is 119 cm³/mol. The summed E-state index contributed by atoms with van der Waals surface area (Å²) in [5.41, 5.74) is 1.36. The SMILES string of the molecule is COc1cccc(OC)c1C(=O)P(=O)(C(=O)c1c(C)cc(C)cc1C)C1CCCC1. The first-order valence-corrected chi connectivity index (χ1v) is 12.0. The van der Waals surface area contributed by atoms with Crippen LogP contribution in [0.1, 0.15) is 63.1 Å². The minimum Gasteiger partial charge on any atom is -0.496 e. The number of carbonyl (C=O) groups excluding carboxylic acids is 2. The van der Waals surface area contributed by atoms with E-state index < -0.39 is 23.8 Å². The molecule has 0 radical (unpaired) electrons. The van der Waals surface area contributed by atoms with E-state index in [1.54, 1.807) is 18.2 Å². The van der Waals surface area contributed by atoms with E-state index in [1.807, 2.05) is 32.9 Å². The van der Waals surface area contributed by atoms with Crippen LogP contribution < -0.4 is 9.47 Å². The Morgan fingerprint density at radius 1 is 0.867 bits per heavy atom. The number of ether oxygens (including phenoxy) is 2. The Morgan fingerprint density at radius 2 is 1.33 bits per heavy atom. The van der Waals surface area contributed by atoms with Crippen LogP contribution in [0.25, 0.3) is 0 Å². The maximum atomic E-state index is 14.5. The lowest BCUT2D eigenvalue weighted by atomic mass is 10.0. The molecule has 1 aliphatic rings. The van der Waals surface area contributed by atoms with Gasteiger partial charge in [0.05, 0.1) is 14.2 Å². The maximum absolute atomic E-state index is 14.5. The Hall–Kier alpha value is -2.39. The normalized spacial score (nSPS) is 16.2. The molecule has 0 saturated heterocycles. The van der Waals surface area contributed by atoms with Crippen LogP contribution in [0.4, 0.5) is 0 Å². The highest BCUT2D eigenvalue weighted by molar-refractivity contribution is 7.96. The molecule has 6 heteroatoms. The summed E-state index contributed by atoms with van der Waals surface area (Å²) in [5, 5.41) is 0. The lowest BCUT2D eigenvalue weighted by molar-refractivity contribution is 0.103. The van der Waals surface area contributed by atoms with Gasteiger partial charge in [-0.3, -0.25) is 9.59 Å². The topological polar surface area (TPSA) is 69.7 Å². The van der Waals surface area contributed by atoms with Crippen molar-refractivity contribution in [2.75, 3.05) is 14.2 Å². The van der Waals surface area contributed by atoms with E-state index in [9.17, 15) is 14.2 Å². The summed E-state index contributed by atoms with van der Waals surface area (Å²) < 4.78 is 25.3. The van der Waals surface area contributed by atoms with Gasteiger partial charge in [-0.05, 0) is 56.9 Å². The number of aryl methyl sites for hydroxylation is 3. The Bertz CT molecular complexity index is 989. The van der Waals surface area contributed by atoms with Crippen LogP contribution in [0, 0.1) is 20.8 Å². The van der Waals surface area contributed by atoms with Crippen molar-refractivity contribution < 1.29 is 23.6 Å². The fourth-order valence-corrected chi connectivity index (χ4v) is 7.78. The zero-order chi connectivity index (χ0) is 22.1. The molecule has 0 N–H and O–H groups in total. The molecule has 5 nitrogen and oxygen atoms in total. The fraction of sp³-hybridized carbons (Fsp3) is 0.417. The van der Waals surface area contributed by atoms with Gasteiger partial charge in [-0.2, -0.15) is 0 Å².